The molecular formula is C18H25N3O3S. The van der Waals surface area contributed by atoms with E-state index in [1.54, 1.807) is 28.6 Å². The molecule has 6 nitrogen and oxygen atoms in total. The van der Waals surface area contributed by atoms with Crippen molar-refractivity contribution >= 4 is 10.0 Å². The number of hydrogen-bond acceptors (Lipinski definition) is 5. The summed E-state index contributed by atoms with van der Waals surface area (Å²) in [6, 6.07) is 8.51. The van der Waals surface area contributed by atoms with Gasteiger partial charge in [-0.05, 0) is 37.9 Å². The van der Waals surface area contributed by atoms with Crippen molar-refractivity contribution in [2.75, 3.05) is 39.4 Å². The molecule has 0 radical (unpaired) electrons. The van der Waals surface area contributed by atoms with Crippen molar-refractivity contribution in [1.82, 2.24) is 9.21 Å². The van der Waals surface area contributed by atoms with Gasteiger partial charge in [-0.1, -0.05) is 18.6 Å². The van der Waals surface area contributed by atoms with Crippen LogP contribution in [0.25, 0.3) is 0 Å². The Balaban J connectivity index is 1.76. The van der Waals surface area contributed by atoms with Crippen molar-refractivity contribution in [1.29, 1.82) is 5.26 Å². The van der Waals surface area contributed by atoms with E-state index in [1.807, 2.05) is 6.07 Å². The van der Waals surface area contributed by atoms with Gasteiger partial charge >= 0.3 is 0 Å². The summed E-state index contributed by atoms with van der Waals surface area (Å²) >= 11 is 0. The summed E-state index contributed by atoms with van der Waals surface area (Å²) in [6.07, 6.45) is 3.65. The van der Waals surface area contributed by atoms with Gasteiger partial charge in [0.2, 0.25) is 10.0 Å². The van der Waals surface area contributed by atoms with Crippen LogP contribution in [-0.2, 0) is 14.8 Å². The molecule has 0 unspecified atom stereocenters. The number of sulfonamides is 1. The lowest BCUT2D eigenvalue weighted by molar-refractivity contribution is 0.0340. The zero-order valence-electron chi connectivity index (χ0n) is 14.4. The molecule has 7 heteroatoms. The molecule has 25 heavy (non-hydrogen) atoms. The van der Waals surface area contributed by atoms with Gasteiger partial charge in [0, 0.05) is 25.7 Å². The van der Waals surface area contributed by atoms with Crippen molar-refractivity contribution in [3.63, 3.8) is 0 Å². The summed E-state index contributed by atoms with van der Waals surface area (Å²) < 4.78 is 33.3. The Morgan fingerprint density at radius 2 is 1.92 bits per heavy atom. The highest BCUT2D eigenvalue weighted by molar-refractivity contribution is 7.89. The third-order valence-electron chi connectivity index (χ3n) is 5.05. The molecule has 1 aromatic rings. The molecule has 1 aromatic carbocycles. The fourth-order valence-corrected chi connectivity index (χ4v) is 5.51. The number of benzene rings is 1. The Morgan fingerprint density at radius 1 is 1.16 bits per heavy atom. The minimum absolute atomic E-state index is 0.00773. The number of morpholine rings is 1. The highest BCUT2D eigenvalue weighted by atomic mass is 32.2. The molecule has 0 N–H and O–H groups in total. The summed E-state index contributed by atoms with van der Waals surface area (Å²) in [5.74, 6) is 0. The maximum Gasteiger partial charge on any atom is 0.244 e. The average Bonchev–Trinajstić information content (AvgIpc) is 2.67. The average molecular weight is 363 g/mol. The monoisotopic (exact) mass is 363 g/mol. The Bertz CT molecular complexity index is 723. The molecule has 0 amide bonds. The lowest BCUT2D eigenvalue weighted by Crippen LogP contribution is -2.46. The van der Waals surface area contributed by atoms with Gasteiger partial charge in [-0.3, -0.25) is 4.90 Å². The first-order valence-corrected chi connectivity index (χ1v) is 10.4. The minimum Gasteiger partial charge on any atom is -0.379 e. The molecule has 0 spiro atoms. The molecule has 0 bridgehead atoms. The van der Waals surface area contributed by atoms with Crippen LogP contribution in [0.5, 0.6) is 0 Å². The quantitative estimate of drug-likeness (QED) is 0.798. The minimum atomic E-state index is -3.64. The van der Waals surface area contributed by atoms with E-state index in [4.69, 9.17) is 4.74 Å². The molecule has 136 valence electrons. The van der Waals surface area contributed by atoms with Crippen molar-refractivity contribution in [2.45, 2.75) is 36.6 Å². The van der Waals surface area contributed by atoms with Crippen molar-refractivity contribution in [3.8, 4) is 6.07 Å². The molecule has 3 rings (SSSR count). The van der Waals surface area contributed by atoms with Crippen LogP contribution >= 0.6 is 0 Å². The van der Waals surface area contributed by atoms with E-state index in [9.17, 15) is 13.7 Å². The zero-order valence-corrected chi connectivity index (χ0v) is 15.2. The maximum atomic E-state index is 13.2. The van der Waals surface area contributed by atoms with Crippen LogP contribution < -0.4 is 0 Å². The van der Waals surface area contributed by atoms with E-state index in [-0.39, 0.29) is 16.5 Å². The van der Waals surface area contributed by atoms with Gasteiger partial charge in [0.25, 0.3) is 0 Å². The normalized spacial score (nSPS) is 23.2. The topological polar surface area (TPSA) is 73.6 Å². The second-order valence-electron chi connectivity index (χ2n) is 6.62. The second kappa shape index (κ2) is 8.28. The molecular weight excluding hydrogens is 338 g/mol. The lowest BCUT2D eigenvalue weighted by atomic mass is 10.0. The zero-order chi connectivity index (χ0) is 17.7. The number of ether oxygens (including phenoxy) is 1. The number of piperidine rings is 1. The van der Waals surface area contributed by atoms with Crippen molar-refractivity contribution in [3.05, 3.63) is 29.8 Å². The van der Waals surface area contributed by atoms with Crippen molar-refractivity contribution in [2.24, 2.45) is 0 Å². The van der Waals surface area contributed by atoms with Crippen LogP contribution in [0, 0.1) is 11.3 Å². The molecule has 2 aliphatic rings. The Kier molecular flexibility index (Phi) is 6.07. The number of nitrogens with zero attached hydrogens (tertiary/aromatic N) is 3. The van der Waals surface area contributed by atoms with Gasteiger partial charge in [0.05, 0.1) is 23.7 Å². The summed E-state index contributed by atoms with van der Waals surface area (Å²) in [4.78, 5) is 2.47. The maximum absolute atomic E-state index is 13.2. The molecule has 1 atom stereocenters. The van der Waals surface area contributed by atoms with Gasteiger partial charge in [0.1, 0.15) is 6.07 Å². The third kappa shape index (κ3) is 4.21. The van der Waals surface area contributed by atoms with Crippen LogP contribution in [0.3, 0.4) is 0 Å². The van der Waals surface area contributed by atoms with Gasteiger partial charge in [-0.25, -0.2) is 8.42 Å². The van der Waals surface area contributed by atoms with Crippen LogP contribution in [0.2, 0.25) is 0 Å². The Labute approximate surface area is 150 Å². The summed E-state index contributed by atoms with van der Waals surface area (Å²) in [6.45, 7) is 4.76. The third-order valence-corrected chi connectivity index (χ3v) is 7.06. The van der Waals surface area contributed by atoms with Gasteiger partial charge in [-0.2, -0.15) is 9.57 Å². The molecule has 0 aromatic heterocycles. The predicted octanol–water partition coefficient (Wildman–Crippen LogP) is 1.82. The summed E-state index contributed by atoms with van der Waals surface area (Å²) in [5, 5.41) is 9.27. The highest BCUT2D eigenvalue weighted by Crippen LogP contribution is 2.28. The lowest BCUT2D eigenvalue weighted by Gasteiger charge is -2.36. The van der Waals surface area contributed by atoms with Crippen LogP contribution in [0.1, 0.15) is 31.2 Å². The molecule has 2 heterocycles. The second-order valence-corrected chi connectivity index (χ2v) is 8.47. The van der Waals surface area contributed by atoms with E-state index in [2.05, 4.69) is 4.90 Å². The standard InChI is InChI=1S/C18H25N3O3S/c19-15-16-5-1-2-7-18(16)25(22,23)21-9-4-3-6-17(21)8-10-20-11-13-24-14-12-20/h1-2,5,7,17H,3-4,6,8-14H2/t17-/m1/s1. The van der Waals surface area contributed by atoms with Crippen LogP contribution in [0.4, 0.5) is 0 Å². The molecule has 0 saturated carbocycles. The smallest absolute Gasteiger partial charge is 0.244 e. The molecule has 2 aliphatic heterocycles. The number of rotatable bonds is 5. The van der Waals surface area contributed by atoms with Gasteiger partial charge < -0.3 is 4.74 Å². The number of nitriles is 1. The highest BCUT2D eigenvalue weighted by Gasteiger charge is 2.34. The Hall–Kier alpha value is -1.46. The first-order valence-electron chi connectivity index (χ1n) is 8.94. The van der Waals surface area contributed by atoms with Gasteiger partial charge in [-0.15, -0.1) is 0 Å². The fraction of sp³-hybridized carbons (Fsp3) is 0.611. The largest absolute Gasteiger partial charge is 0.379 e. The Morgan fingerprint density at radius 3 is 2.68 bits per heavy atom. The van der Waals surface area contributed by atoms with E-state index in [0.717, 1.165) is 58.5 Å². The van der Waals surface area contributed by atoms with E-state index in [0.29, 0.717) is 6.54 Å². The fourth-order valence-electron chi connectivity index (χ4n) is 3.65. The molecule has 0 aliphatic carbocycles. The van der Waals surface area contributed by atoms with Crippen molar-refractivity contribution < 1.29 is 13.2 Å². The van der Waals surface area contributed by atoms with E-state index < -0.39 is 10.0 Å². The van der Waals surface area contributed by atoms with Crippen LogP contribution in [-0.4, -0.2) is 63.1 Å². The number of hydrogen-bond donors (Lipinski definition) is 0. The van der Waals surface area contributed by atoms with Crippen LogP contribution in [0.15, 0.2) is 29.2 Å². The van der Waals surface area contributed by atoms with E-state index >= 15 is 0 Å². The molecule has 2 fully saturated rings. The SMILES string of the molecule is N#Cc1ccccc1S(=O)(=O)N1CCCC[C@@H]1CCN1CCOCC1. The van der Waals surface area contributed by atoms with Gasteiger partial charge in [0.15, 0.2) is 0 Å². The molecule has 2 saturated heterocycles. The first kappa shape index (κ1) is 18.3. The summed E-state index contributed by atoms with van der Waals surface area (Å²) in [5.41, 5.74) is 0.222. The predicted molar refractivity (Wildman–Crippen MR) is 94.6 cm³/mol. The van der Waals surface area contributed by atoms with E-state index in [1.165, 1.54) is 0 Å². The first-order chi connectivity index (χ1) is 12.1. The summed E-state index contributed by atoms with van der Waals surface area (Å²) in [7, 11) is -3.64.